The first-order valence-electron chi connectivity index (χ1n) is 9.56. The Balaban J connectivity index is 2.53. The minimum Gasteiger partial charge on any atom is -0.506 e. The molecule has 1 aromatic rings. The fourth-order valence-electron chi connectivity index (χ4n) is 2.89. The van der Waals surface area contributed by atoms with E-state index in [2.05, 4.69) is 4.99 Å². The molecule has 0 radical (unpaired) electrons. The number of aliphatic hydroxyl groups is 2. The quantitative estimate of drug-likeness (QED) is 0.227. The van der Waals surface area contributed by atoms with Gasteiger partial charge in [0.15, 0.2) is 11.6 Å². The van der Waals surface area contributed by atoms with Gasteiger partial charge in [0.2, 0.25) is 0 Å². The van der Waals surface area contributed by atoms with Crippen LogP contribution in [-0.4, -0.2) is 79.8 Å². The zero-order valence-electron chi connectivity index (χ0n) is 17.2. The highest BCUT2D eigenvalue weighted by Gasteiger charge is 2.28. The maximum atomic E-state index is 14.8. The third-order valence-corrected chi connectivity index (χ3v) is 4.68. The summed E-state index contributed by atoms with van der Waals surface area (Å²) in [6.07, 6.45) is 0.887. The number of likely N-dealkylation sites (N-methyl/N-ethyl adjacent to an activating group) is 1. The number of carbonyl (C=O) groups is 1. The van der Waals surface area contributed by atoms with E-state index in [0.717, 1.165) is 6.21 Å². The Kier molecular flexibility index (Phi) is 8.24. The molecular weight excluding hydrogens is 403 g/mol. The van der Waals surface area contributed by atoms with Gasteiger partial charge in [0, 0.05) is 32.4 Å². The van der Waals surface area contributed by atoms with Crippen LogP contribution in [0, 0.1) is 17.5 Å². The van der Waals surface area contributed by atoms with Crippen LogP contribution in [-0.2, 0) is 9.53 Å². The Labute approximate surface area is 173 Å². The van der Waals surface area contributed by atoms with E-state index < -0.39 is 52.0 Å². The predicted molar refractivity (Wildman–Crippen MR) is 107 cm³/mol. The molecule has 1 fully saturated rings. The van der Waals surface area contributed by atoms with E-state index in [-0.39, 0.29) is 13.2 Å². The lowest BCUT2D eigenvalue weighted by atomic mass is 10.1. The molecule has 1 aromatic carbocycles. The van der Waals surface area contributed by atoms with Gasteiger partial charge in [0.1, 0.15) is 22.8 Å². The summed E-state index contributed by atoms with van der Waals surface area (Å²) in [5.41, 5.74) is -1.92. The van der Waals surface area contributed by atoms with Gasteiger partial charge in [-0.25, -0.2) is 18.0 Å². The average molecular weight is 429 g/mol. The van der Waals surface area contributed by atoms with Gasteiger partial charge in [-0.15, -0.1) is 0 Å². The third-order valence-electron chi connectivity index (χ3n) is 4.68. The Bertz CT molecular complexity index is 837. The highest BCUT2D eigenvalue weighted by atomic mass is 19.2. The maximum Gasteiger partial charge on any atom is 0.343 e. The second-order valence-electron chi connectivity index (χ2n) is 6.97. The fraction of sp³-hybridized carbons (Fsp3) is 0.500. The number of hydrogen-bond acceptors (Lipinski definition) is 7. The molecule has 1 atom stereocenters. The molecule has 0 saturated carbocycles. The summed E-state index contributed by atoms with van der Waals surface area (Å²) >= 11 is 0. The van der Waals surface area contributed by atoms with Crippen molar-refractivity contribution in [3.05, 3.63) is 34.7 Å². The summed E-state index contributed by atoms with van der Waals surface area (Å²) in [4.78, 5) is 19.4. The summed E-state index contributed by atoms with van der Waals surface area (Å²) in [5, 5.41) is 19.5. The van der Waals surface area contributed by atoms with Crippen LogP contribution in [0.2, 0.25) is 0 Å². The number of carbonyl (C=O) groups excluding carboxylic acids is 1. The molecule has 0 aromatic heterocycles. The zero-order chi connectivity index (χ0) is 22.4. The molecule has 30 heavy (non-hydrogen) atoms. The molecule has 2 N–H and O–H groups in total. The predicted octanol–water partition coefficient (Wildman–Crippen LogP) is 2.14. The van der Waals surface area contributed by atoms with Crippen molar-refractivity contribution in [2.75, 3.05) is 51.3 Å². The number of aliphatic hydroxyl groups excluding tert-OH is 2. The SMILES string of the molecule is CCOC(=O)/C(C=N[C@@H](C)CO)=C(\O)c1cc(F)c(N2CCN(C)CC2)c(F)c1F. The summed E-state index contributed by atoms with van der Waals surface area (Å²) in [5.74, 6) is -6.07. The summed E-state index contributed by atoms with van der Waals surface area (Å²) in [6, 6.07) is 0.0179. The van der Waals surface area contributed by atoms with Crippen LogP contribution in [0.15, 0.2) is 16.6 Å². The smallest absolute Gasteiger partial charge is 0.343 e. The van der Waals surface area contributed by atoms with Gasteiger partial charge in [0.25, 0.3) is 0 Å². The molecule has 0 bridgehead atoms. The Hall–Kier alpha value is -2.59. The van der Waals surface area contributed by atoms with Crippen molar-refractivity contribution in [3.8, 4) is 0 Å². The van der Waals surface area contributed by atoms with Crippen LogP contribution < -0.4 is 4.90 Å². The Morgan fingerprint density at radius 3 is 2.47 bits per heavy atom. The minimum atomic E-state index is -1.49. The monoisotopic (exact) mass is 429 g/mol. The van der Waals surface area contributed by atoms with Crippen LogP contribution in [0.3, 0.4) is 0 Å². The Morgan fingerprint density at radius 1 is 1.27 bits per heavy atom. The molecule has 0 amide bonds. The Morgan fingerprint density at radius 2 is 1.90 bits per heavy atom. The first kappa shape index (κ1) is 23.7. The van der Waals surface area contributed by atoms with E-state index in [1.165, 1.54) is 18.7 Å². The van der Waals surface area contributed by atoms with E-state index in [1.807, 2.05) is 11.9 Å². The largest absolute Gasteiger partial charge is 0.506 e. The van der Waals surface area contributed by atoms with Crippen LogP contribution in [0.5, 0.6) is 0 Å². The molecule has 0 spiro atoms. The minimum absolute atomic E-state index is 0.0491. The lowest BCUT2D eigenvalue weighted by Crippen LogP contribution is -2.45. The van der Waals surface area contributed by atoms with E-state index >= 15 is 0 Å². The van der Waals surface area contributed by atoms with Crippen molar-refractivity contribution in [1.82, 2.24) is 4.90 Å². The number of esters is 1. The van der Waals surface area contributed by atoms with E-state index in [4.69, 9.17) is 9.84 Å². The summed E-state index contributed by atoms with van der Waals surface area (Å²) in [6.45, 7) is 4.39. The number of ether oxygens (including phenoxy) is 1. The van der Waals surface area contributed by atoms with Gasteiger partial charge >= 0.3 is 5.97 Å². The second-order valence-corrected chi connectivity index (χ2v) is 6.97. The molecule has 2 rings (SSSR count). The molecule has 166 valence electrons. The van der Waals surface area contributed by atoms with Gasteiger partial charge < -0.3 is 24.7 Å². The summed E-state index contributed by atoms with van der Waals surface area (Å²) in [7, 11) is 1.87. The number of rotatable bonds is 7. The van der Waals surface area contributed by atoms with Crippen molar-refractivity contribution >= 4 is 23.6 Å². The number of aliphatic imine (C=N–C) groups is 1. The first-order chi connectivity index (χ1) is 14.2. The number of halogens is 3. The van der Waals surface area contributed by atoms with Crippen molar-refractivity contribution in [2.45, 2.75) is 19.9 Å². The number of anilines is 1. The van der Waals surface area contributed by atoms with Gasteiger partial charge in [-0.05, 0) is 27.0 Å². The van der Waals surface area contributed by atoms with Crippen molar-refractivity contribution in [1.29, 1.82) is 0 Å². The molecule has 1 aliphatic heterocycles. The second kappa shape index (κ2) is 10.4. The van der Waals surface area contributed by atoms with E-state index in [9.17, 15) is 23.1 Å². The highest BCUT2D eigenvalue weighted by molar-refractivity contribution is 6.15. The molecule has 1 aliphatic rings. The molecule has 7 nitrogen and oxygen atoms in total. The molecule has 0 unspecified atom stereocenters. The van der Waals surface area contributed by atoms with Crippen molar-refractivity contribution in [3.63, 3.8) is 0 Å². The average Bonchev–Trinajstić information content (AvgIpc) is 2.72. The first-order valence-corrected chi connectivity index (χ1v) is 9.56. The normalized spacial score (nSPS) is 17.2. The lowest BCUT2D eigenvalue weighted by Gasteiger charge is -2.34. The number of hydrogen-bond donors (Lipinski definition) is 2. The van der Waals surface area contributed by atoms with E-state index in [0.29, 0.717) is 32.2 Å². The lowest BCUT2D eigenvalue weighted by molar-refractivity contribution is -0.137. The molecule has 0 aliphatic carbocycles. The topological polar surface area (TPSA) is 85.6 Å². The number of piperazine rings is 1. The third kappa shape index (κ3) is 5.31. The molecular formula is C20H26F3N3O4. The van der Waals surface area contributed by atoms with Gasteiger partial charge in [0.05, 0.1) is 24.8 Å². The van der Waals surface area contributed by atoms with Gasteiger partial charge in [-0.3, -0.25) is 4.99 Å². The number of benzene rings is 1. The molecule has 10 heteroatoms. The molecule has 1 heterocycles. The van der Waals surface area contributed by atoms with Crippen molar-refractivity contribution in [2.24, 2.45) is 4.99 Å². The van der Waals surface area contributed by atoms with Crippen LogP contribution in [0.1, 0.15) is 19.4 Å². The van der Waals surface area contributed by atoms with Crippen LogP contribution >= 0.6 is 0 Å². The standard InChI is InChI=1S/C20H26F3N3O4/c1-4-30-20(29)14(10-24-12(2)11-27)19(28)13-9-15(21)18(17(23)16(13)22)26-7-5-25(3)6-8-26/h9-10,12,27-28H,4-8,11H2,1-3H3/b19-14-,24-10?/t12-/m0/s1. The van der Waals surface area contributed by atoms with Crippen LogP contribution in [0.25, 0.3) is 5.76 Å². The van der Waals surface area contributed by atoms with Crippen LogP contribution in [0.4, 0.5) is 18.9 Å². The van der Waals surface area contributed by atoms with E-state index in [1.54, 1.807) is 0 Å². The fourth-order valence-corrected chi connectivity index (χ4v) is 2.89. The summed E-state index contributed by atoms with van der Waals surface area (Å²) < 4.78 is 49.1. The van der Waals surface area contributed by atoms with Crippen molar-refractivity contribution < 1.29 is 32.9 Å². The number of nitrogens with zero attached hydrogens (tertiary/aromatic N) is 3. The highest BCUT2D eigenvalue weighted by Crippen LogP contribution is 2.32. The maximum absolute atomic E-state index is 14.8. The molecule has 1 saturated heterocycles. The zero-order valence-corrected chi connectivity index (χ0v) is 17.2. The van der Waals surface area contributed by atoms with Gasteiger partial charge in [-0.1, -0.05) is 0 Å². The van der Waals surface area contributed by atoms with Gasteiger partial charge in [-0.2, -0.15) is 0 Å².